The number of benzene rings is 1. The van der Waals surface area contributed by atoms with Crippen molar-refractivity contribution < 1.29 is 25.5 Å². The Morgan fingerprint density at radius 1 is 1.10 bits per heavy atom. The summed E-state index contributed by atoms with van der Waals surface area (Å²) in [6.07, 6.45) is -0.534. The van der Waals surface area contributed by atoms with Crippen LogP contribution in [-0.4, -0.2) is 46.4 Å². The lowest BCUT2D eigenvalue weighted by Gasteiger charge is -2.34. The summed E-state index contributed by atoms with van der Waals surface area (Å²) in [6, 6.07) is 4.29. The van der Waals surface area contributed by atoms with Crippen molar-refractivity contribution in [2.45, 2.75) is 35.8 Å². The molecular formula is C12H16FNO5S2. The molecule has 2 unspecified atom stereocenters. The van der Waals surface area contributed by atoms with Gasteiger partial charge in [-0.25, -0.2) is 8.42 Å². The van der Waals surface area contributed by atoms with Crippen LogP contribution in [0.5, 0.6) is 0 Å². The molecule has 0 N–H and O–H groups in total. The Morgan fingerprint density at radius 3 is 2.14 bits per heavy atom. The van der Waals surface area contributed by atoms with Crippen molar-refractivity contribution in [3.05, 3.63) is 24.3 Å². The standard InChI is InChI=1S/C12H16FNO5S2/c1-9-7-14(8-10(2)19-9)21(17,18)12-5-3-4-11(6-12)20(13,15)16/h3-6,9-10H,7-8H2,1-2H3. The summed E-state index contributed by atoms with van der Waals surface area (Å²) in [5, 5.41) is 0. The number of rotatable bonds is 3. The van der Waals surface area contributed by atoms with Crippen LogP contribution in [0.2, 0.25) is 0 Å². The summed E-state index contributed by atoms with van der Waals surface area (Å²) >= 11 is 0. The van der Waals surface area contributed by atoms with E-state index in [9.17, 15) is 20.7 Å². The lowest BCUT2D eigenvalue weighted by molar-refractivity contribution is -0.0440. The molecule has 9 heteroatoms. The van der Waals surface area contributed by atoms with E-state index in [1.54, 1.807) is 13.8 Å². The van der Waals surface area contributed by atoms with Gasteiger partial charge >= 0.3 is 10.2 Å². The third-order valence-corrected chi connectivity index (χ3v) is 5.76. The Morgan fingerprint density at radius 2 is 1.62 bits per heavy atom. The maximum absolute atomic E-state index is 13.0. The normalized spacial score (nSPS) is 24.9. The number of halogens is 1. The van der Waals surface area contributed by atoms with Gasteiger partial charge in [-0.1, -0.05) is 6.07 Å². The Labute approximate surface area is 123 Å². The molecule has 2 atom stereocenters. The maximum Gasteiger partial charge on any atom is 0.332 e. The molecule has 2 rings (SSSR count). The van der Waals surface area contributed by atoms with Crippen molar-refractivity contribution >= 4 is 20.2 Å². The molecule has 6 nitrogen and oxygen atoms in total. The van der Waals surface area contributed by atoms with E-state index >= 15 is 0 Å². The van der Waals surface area contributed by atoms with Gasteiger partial charge in [0, 0.05) is 13.1 Å². The molecular weight excluding hydrogens is 321 g/mol. The van der Waals surface area contributed by atoms with E-state index in [1.807, 2.05) is 0 Å². The minimum Gasteiger partial charge on any atom is -0.373 e. The maximum atomic E-state index is 13.0. The summed E-state index contributed by atoms with van der Waals surface area (Å²) < 4.78 is 66.5. The number of hydrogen-bond donors (Lipinski definition) is 0. The summed E-state index contributed by atoms with van der Waals surface area (Å²) in [5.41, 5.74) is 0. The van der Waals surface area contributed by atoms with Gasteiger partial charge < -0.3 is 4.74 Å². The highest BCUT2D eigenvalue weighted by molar-refractivity contribution is 7.89. The first kappa shape index (κ1) is 16.3. The Kier molecular flexibility index (Phi) is 4.39. The molecule has 21 heavy (non-hydrogen) atoms. The number of morpholine rings is 1. The van der Waals surface area contributed by atoms with E-state index in [2.05, 4.69) is 0 Å². The van der Waals surface area contributed by atoms with Crippen LogP contribution in [0.1, 0.15) is 13.8 Å². The molecule has 1 heterocycles. The second kappa shape index (κ2) is 5.64. The van der Waals surface area contributed by atoms with E-state index in [1.165, 1.54) is 16.4 Å². The molecule has 118 valence electrons. The predicted molar refractivity (Wildman–Crippen MR) is 73.5 cm³/mol. The second-order valence-electron chi connectivity index (χ2n) is 4.99. The van der Waals surface area contributed by atoms with Crippen molar-refractivity contribution in [1.82, 2.24) is 4.31 Å². The molecule has 1 aliphatic rings. The van der Waals surface area contributed by atoms with Crippen molar-refractivity contribution in [2.24, 2.45) is 0 Å². The zero-order valence-corrected chi connectivity index (χ0v) is 13.2. The van der Waals surface area contributed by atoms with Gasteiger partial charge in [0.15, 0.2) is 0 Å². The minimum absolute atomic E-state index is 0.166. The van der Waals surface area contributed by atoms with Gasteiger partial charge in [0.2, 0.25) is 10.0 Å². The quantitative estimate of drug-likeness (QED) is 0.773. The highest BCUT2D eigenvalue weighted by Gasteiger charge is 2.32. The van der Waals surface area contributed by atoms with Crippen LogP contribution in [0.3, 0.4) is 0 Å². The van der Waals surface area contributed by atoms with Crippen molar-refractivity contribution in [2.75, 3.05) is 13.1 Å². The van der Waals surface area contributed by atoms with Crippen LogP contribution in [0, 0.1) is 0 Å². The average molecular weight is 337 g/mol. The molecule has 0 amide bonds. The van der Waals surface area contributed by atoms with Crippen LogP contribution in [-0.2, 0) is 25.0 Å². The predicted octanol–water partition coefficient (Wildman–Crippen LogP) is 1.14. The molecule has 1 saturated heterocycles. The molecule has 1 fully saturated rings. The number of hydrogen-bond acceptors (Lipinski definition) is 5. The van der Waals surface area contributed by atoms with Crippen LogP contribution >= 0.6 is 0 Å². The molecule has 1 aliphatic heterocycles. The monoisotopic (exact) mass is 337 g/mol. The van der Waals surface area contributed by atoms with Gasteiger partial charge in [-0.05, 0) is 32.0 Å². The number of nitrogens with zero attached hydrogens (tertiary/aromatic N) is 1. The third kappa shape index (κ3) is 3.60. The largest absolute Gasteiger partial charge is 0.373 e. The first-order valence-electron chi connectivity index (χ1n) is 6.31. The lowest BCUT2D eigenvalue weighted by atomic mass is 10.3. The fraction of sp³-hybridized carbons (Fsp3) is 0.500. The van der Waals surface area contributed by atoms with Gasteiger partial charge in [0.05, 0.1) is 22.0 Å². The van der Waals surface area contributed by atoms with Gasteiger partial charge in [-0.2, -0.15) is 12.7 Å². The molecule has 1 aromatic carbocycles. The minimum atomic E-state index is -4.95. The summed E-state index contributed by atoms with van der Waals surface area (Å²) in [5.74, 6) is 0. The summed E-state index contributed by atoms with van der Waals surface area (Å²) in [6.45, 7) is 3.83. The van der Waals surface area contributed by atoms with Gasteiger partial charge in [-0.15, -0.1) is 3.89 Å². The Balaban J connectivity index is 2.40. The smallest absolute Gasteiger partial charge is 0.332 e. The van der Waals surface area contributed by atoms with Gasteiger partial charge in [0.25, 0.3) is 0 Å². The SMILES string of the molecule is CC1CN(S(=O)(=O)c2cccc(S(=O)(=O)F)c2)CC(C)O1. The zero-order chi connectivity index (χ0) is 15.8. The average Bonchev–Trinajstić information content (AvgIpc) is 2.36. The third-order valence-electron chi connectivity index (χ3n) is 3.11. The first-order valence-corrected chi connectivity index (χ1v) is 9.13. The molecule has 0 bridgehead atoms. The lowest BCUT2D eigenvalue weighted by Crippen LogP contribution is -2.48. The molecule has 0 aromatic heterocycles. The van der Waals surface area contributed by atoms with Crippen molar-refractivity contribution in [3.63, 3.8) is 0 Å². The van der Waals surface area contributed by atoms with Gasteiger partial charge in [-0.3, -0.25) is 0 Å². The molecule has 0 aliphatic carbocycles. The number of ether oxygens (including phenoxy) is 1. The number of sulfonamides is 1. The topological polar surface area (TPSA) is 80.8 Å². The van der Waals surface area contributed by atoms with E-state index < -0.39 is 25.1 Å². The molecule has 0 radical (unpaired) electrons. The first-order chi connectivity index (χ1) is 9.60. The van der Waals surface area contributed by atoms with Crippen LogP contribution in [0.15, 0.2) is 34.1 Å². The van der Waals surface area contributed by atoms with E-state index in [0.717, 1.165) is 12.1 Å². The fourth-order valence-electron chi connectivity index (χ4n) is 2.26. The Hall–Kier alpha value is -1.03. The molecule has 0 spiro atoms. The fourth-order valence-corrected chi connectivity index (χ4v) is 4.48. The second-order valence-corrected chi connectivity index (χ2v) is 8.28. The molecule has 0 saturated carbocycles. The summed E-state index contributed by atoms with van der Waals surface area (Å²) in [7, 11) is -8.83. The van der Waals surface area contributed by atoms with Crippen LogP contribution in [0.25, 0.3) is 0 Å². The zero-order valence-electron chi connectivity index (χ0n) is 11.6. The highest BCUT2D eigenvalue weighted by atomic mass is 32.3. The Bertz CT molecular complexity index is 722. The van der Waals surface area contributed by atoms with E-state index in [-0.39, 0.29) is 30.2 Å². The summed E-state index contributed by atoms with van der Waals surface area (Å²) in [4.78, 5) is -0.916. The van der Waals surface area contributed by atoms with Crippen molar-refractivity contribution in [3.8, 4) is 0 Å². The van der Waals surface area contributed by atoms with Crippen molar-refractivity contribution in [1.29, 1.82) is 0 Å². The highest BCUT2D eigenvalue weighted by Crippen LogP contribution is 2.23. The van der Waals surface area contributed by atoms with E-state index in [4.69, 9.17) is 4.74 Å². The van der Waals surface area contributed by atoms with Crippen LogP contribution in [0.4, 0.5) is 3.89 Å². The van der Waals surface area contributed by atoms with Crippen LogP contribution < -0.4 is 0 Å². The van der Waals surface area contributed by atoms with Gasteiger partial charge in [0.1, 0.15) is 0 Å². The molecule has 1 aromatic rings. The van der Waals surface area contributed by atoms with E-state index in [0.29, 0.717) is 0 Å².